The van der Waals surface area contributed by atoms with E-state index in [4.69, 9.17) is 10.5 Å². The lowest BCUT2D eigenvalue weighted by molar-refractivity contribution is 0.391. The Morgan fingerprint density at radius 3 is 2.42 bits per heavy atom. The second-order valence-corrected chi connectivity index (χ2v) is 7.05. The first-order valence-electron chi connectivity index (χ1n) is 6.10. The summed E-state index contributed by atoms with van der Waals surface area (Å²) in [5, 5.41) is 0. The van der Waals surface area contributed by atoms with E-state index in [-0.39, 0.29) is 10.8 Å². The molecular weight excluding hydrogens is 264 g/mol. The van der Waals surface area contributed by atoms with Crippen molar-refractivity contribution in [1.29, 1.82) is 0 Å². The summed E-state index contributed by atoms with van der Waals surface area (Å²) in [7, 11) is -0.577. The Labute approximate surface area is 115 Å². The Morgan fingerprint density at radius 2 is 1.95 bits per heavy atom. The number of nitrogen functional groups attached to an aromatic ring is 1. The van der Waals surface area contributed by atoms with Gasteiger partial charge in [-0.25, -0.2) is 12.7 Å². The molecule has 0 radical (unpaired) electrons. The van der Waals surface area contributed by atoms with E-state index in [2.05, 4.69) is 0 Å². The molecule has 0 aliphatic heterocycles. The second-order valence-electron chi connectivity index (χ2n) is 5.04. The molecule has 0 unspecified atom stereocenters. The second kappa shape index (κ2) is 5.79. The normalized spacial score (nSPS) is 12.2. The first kappa shape index (κ1) is 15.8. The van der Waals surface area contributed by atoms with Gasteiger partial charge in [0.2, 0.25) is 10.0 Å². The zero-order valence-corrected chi connectivity index (χ0v) is 12.9. The number of nitrogens with zero attached hydrogens (tertiary/aromatic N) is 1. The maximum atomic E-state index is 12.5. The first-order chi connectivity index (χ1) is 8.70. The van der Waals surface area contributed by atoms with Crippen LogP contribution < -0.4 is 10.5 Å². The lowest BCUT2D eigenvalue weighted by Crippen LogP contribution is -2.30. The average molecular weight is 286 g/mol. The number of sulfonamides is 1. The smallest absolute Gasteiger partial charge is 0.246 e. The molecule has 2 N–H and O–H groups in total. The minimum Gasteiger partial charge on any atom is -0.495 e. The molecule has 1 rings (SSSR count). The quantitative estimate of drug-likeness (QED) is 0.839. The highest BCUT2D eigenvalue weighted by Crippen LogP contribution is 2.30. The molecule has 0 bridgehead atoms. The number of benzene rings is 1. The molecule has 5 nitrogen and oxygen atoms in total. The summed E-state index contributed by atoms with van der Waals surface area (Å²) in [5.41, 5.74) is 7.04. The van der Waals surface area contributed by atoms with Gasteiger partial charge in [0.1, 0.15) is 10.6 Å². The van der Waals surface area contributed by atoms with Crippen molar-refractivity contribution in [1.82, 2.24) is 4.31 Å². The Kier molecular flexibility index (Phi) is 4.81. The van der Waals surface area contributed by atoms with E-state index in [1.165, 1.54) is 17.5 Å². The third-order valence-electron chi connectivity index (χ3n) is 2.86. The summed E-state index contributed by atoms with van der Waals surface area (Å²) in [5.74, 6) is 0.566. The van der Waals surface area contributed by atoms with Gasteiger partial charge in [-0.1, -0.05) is 13.8 Å². The van der Waals surface area contributed by atoms with E-state index in [1.54, 1.807) is 13.1 Å². The van der Waals surface area contributed by atoms with Crippen LogP contribution in [0, 0.1) is 12.8 Å². The van der Waals surface area contributed by atoms with Crippen LogP contribution in [-0.4, -0.2) is 33.4 Å². The van der Waals surface area contributed by atoms with Crippen LogP contribution in [0.5, 0.6) is 5.75 Å². The highest BCUT2D eigenvalue weighted by Gasteiger charge is 2.26. The number of methoxy groups -OCH3 is 1. The zero-order chi connectivity index (χ0) is 14.8. The molecule has 1 aromatic rings. The van der Waals surface area contributed by atoms with Gasteiger partial charge in [0.25, 0.3) is 0 Å². The van der Waals surface area contributed by atoms with E-state index in [9.17, 15) is 8.42 Å². The number of hydrogen-bond acceptors (Lipinski definition) is 4. The summed E-state index contributed by atoms with van der Waals surface area (Å²) in [6.07, 6.45) is 0. The fourth-order valence-electron chi connectivity index (χ4n) is 1.82. The molecular formula is C13H22N2O3S. The van der Waals surface area contributed by atoms with Gasteiger partial charge in [-0.2, -0.15) is 0 Å². The van der Waals surface area contributed by atoms with Crippen molar-refractivity contribution in [3.63, 3.8) is 0 Å². The molecule has 1 aromatic carbocycles. The minimum absolute atomic E-state index is 0.112. The third kappa shape index (κ3) is 3.39. The van der Waals surface area contributed by atoms with E-state index in [0.717, 1.165) is 5.56 Å². The van der Waals surface area contributed by atoms with E-state index in [1.807, 2.05) is 20.8 Å². The molecule has 0 amide bonds. The Bertz CT molecular complexity index is 553. The Hall–Kier alpha value is -1.27. The standard InChI is InChI=1S/C13H22N2O3S/c1-9(2)8-15(4)19(16,17)13-7-11(14)10(3)6-12(13)18-5/h6-7,9H,8,14H2,1-5H3. The fraction of sp³-hybridized carbons (Fsp3) is 0.538. The van der Waals surface area contributed by atoms with Crippen LogP contribution in [0.3, 0.4) is 0 Å². The van der Waals surface area contributed by atoms with Crippen LogP contribution in [0.25, 0.3) is 0 Å². The molecule has 0 saturated heterocycles. The maximum Gasteiger partial charge on any atom is 0.246 e. The summed E-state index contributed by atoms with van der Waals surface area (Å²) in [4.78, 5) is 0.112. The van der Waals surface area contributed by atoms with Gasteiger partial charge in [-0.05, 0) is 30.5 Å². The molecule has 6 heteroatoms. The van der Waals surface area contributed by atoms with Crippen LogP contribution in [0.2, 0.25) is 0 Å². The van der Waals surface area contributed by atoms with Crippen LogP contribution >= 0.6 is 0 Å². The van der Waals surface area contributed by atoms with E-state index < -0.39 is 10.0 Å². The van der Waals surface area contributed by atoms with Gasteiger partial charge in [0.15, 0.2) is 0 Å². The van der Waals surface area contributed by atoms with E-state index in [0.29, 0.717) is 18.0 Å². The number of anilines is 1. The summed E-state index contributed by atoms with van der Waals surface area (Å²) in [6.45, 7) is 6.19. The molecule has 0 fully saturated rings. The minimum atomic E-state index is -3.59. The van der Waals surface area contributed by atoms with E-state index >= 15 is 0 Å². The molecule has 0 saturated carbocycles. The van der Waals surface area contributed by atoms with Gasteiger partial charge in [-0.3, -0.25) is 0 Å². The molecule has 0 spiro atoms. The van der Waals surface area contributed by atoms with Crippen molar-refractivity contribution in [2.45, 2.75) is 25.7 Å². The van der Waals surface area contributed by atoms with Gasteiger partial charge >= 0.3 is 0 Å². The molecule has 19 heavy (non-hydrogen) atoms. The topological polar surface area (TPSA) is 72.6 Å². The number of hydrogen-bond donors (Lipinski definition) is 1. The molecule has 0 aliphatic carbocycles. The first-order valence-corrected chi connectivity index (χ1v) is 7.54. The number of ether oxygens (including phenoxy) is 1. The Balaban J connectivity index is 3.32. The van der Waals surface area contributed by atoms with Crippen LogP contribution in [-0.2, 0) is 10.0 Å². The zero-order valence-electron chi connectivity index (χ0n) is 12.1. The van der Waals surface area contributed by atoms with Crippen LogP contribution in [0.4, 0.5) is 5.69 Å². The highest BCUT2D eigenvalue weighted by atomic mass is 32.2. The lowest BCUT2D eigenvalue weighted by Gasteiger charge is -2.21. The van der Waals surface area contributed by atoms with Crippen LogP contribution in [0.1, 0.15) is 19.4 Å². The van der Waals surface area contributed by atoms with Crippen molar-refractivity contribution in [2.24, 2.45) is 5.92 Å². The lowest BCUT2D eigenvalue weighted by atomic mass is 10.2. The summed E-state index contributed by atoms with van der Waals surface area (Å²) >= 11 is 0. The monoisotopic (exact) mass is 286 g/mol. The molecule has 0 atom stereocenters. The Morgan fingerprint density at radius 1 is 1.37 bits per heavy atom. The van der Waals surface area contributed by atoms with Crippen molar-refractivity contribution >= 4 is 15.7 Å². The predicted octanol–water partition coefficient (Wildman–Crippen LogP) is 1.86. The van der Waals surface area contributed by atoms with Gasteiger partial charge in [-0.15, -0.1) is 0 Å². The predicted molar refractivity (Wildman–Crippen MR) is 76.8 cm³/mol. The molecule has 0 aliphatic rings. The largest absolute Gasteiger partial charge is 0.495 e. The van der Waals surface area contributed by atoms with Gasteiger partial charge in [0.05, 0.1) is 7.11 Å². The van der Waals surface area contributed by atoms with Crippen molar-refractivity contribution in [3.05, 3.63) is 17.7 Å². The average Bonchev–Trinajstić information content (AvgIpc) is 2.30. The van der Waals surface area contributed by atoms with Crippen molar-refractivity contribution in [2.75, 3.05) is 26.4 Å². The number of rotatable bonds is 5. The summed E-state index contributed by atoms with van der Waals surface area (Å²) in [6, 6.07) is 3.10. The van der Waals surface area contributed by atoms with Crippen molar-refractivity contribution in [3.8, 4) is 5.75 Å². The van der Waals surface area contributed by atoms with Crippen LogP contribution in [0.15, 0.2) is 17.0 Å². The van der Waals surface area contributed by atoms with Gasteiger partial charge in [0, 0.05) is 19.3 Å². The van der Waals surface area contributed by atoms with Crippen molar-refractivity contribution < 1.29 is 13.2 Å². The fourth-order valence-corrected chi connectivity index (χ4v) is 3.32. The molecule has 0 heterocycles. The number of aryl methyl sites for hydroxylation is 1. The number of nitrogens with two attached hydrogens (primary N) is 1. The highest BCUT2D eigenvalue weighted by molar-refractivity contribution is 7.89. The van der Waals surface area contributed by atoms with Gasteiger partial charge < -0.3 is 10.5 Å². The third-order valence-corrected chi connectivity index (χ3v) is 4.71. The SMILES string of the molecule is COc1cc(C)c(N)cc1S(=O)(=O)N(C)CC(C)C. The maximum absolute atomic E-state index is 12.5. The summed E-state index contributed by atoms with van der Waals surface area (Å²) < 4.78 is 31.5. The molecule has 108 valence electrons. The molecule has 0 aromatic heterocycles.